The van der Waals surface area contributed by atoms with E-state index >= 15 is 0 Å². The van der Waals surface area contributed by atoms with Crippen molar-refractivity contribution >= 4 is 11.8 Å². The van der Waals surface area contributed by atoms with Crippen molar-refractivity contribution in [3.63, 3.8) is 0 Å². The summed E-state index contributed by atoms with van der Waals surface area (Å²) in [4.78, 5) is 23.2. The summed E-state index contributed by atoms with van der Waals surface area (Å²) in [5, 5.41) is 8.95. The van der Waals surface area contributed by atoms with E-state index in [9.17, 15) is 9.59 Å². The van der Waals surface area contributed by atoms with E-state index in [0.29, 0.717) is 17.0 Å². The van der Waals surface area contributed by atoms with Gasteiger partial charge in [0, 0.05) is 11.1 Å². The molecule has 2 aromatic rings. The molecule has 102 valence electrons. The third kappa shape index (κ3) is 2.94. The smallest absolute Gasteiger partial charge is 0.335 e. The van der Waals surface area contributed by atoms with Crippen LogP contribution in [0.3, 0.4) is 0 Å². The number of rotatable bonds is 4. The molecule has 0 bridgehead atoms. The van der Waals surface area contributed by atoms with Gasteiger partial charge in [0.1, 0.15) is 0 Å². The lowest BCUT2D eigenvalue weighted by Gasteiger charge is -2.07. The highest BCUT2D eigenvalue weighted by molar-refractivity contribution is 6.09. The van der Waals surface area contributed by atoms with Crippen molar-refractivity contribution in [1.82, 2.24) is 0 Å². The van der Waals surface area contributed by atoms with Crippen LogP contribution in [0.1, 0.15) is 51.6 Å². The number of hydrogen-bond donors (Lipinski definition) is 1. The maximum atomic E-state index is 12.3. The van der Waals surface area contributed by atoms with Gasteiger partial charge >= 0.3 is 5.97 Å². The summed E-state index contributed by atoms with van der Waals surface area (Å²) in [6.07, 6.45) is 0. The van der Waals surface area contributed by atoms with Crippen LogP contribution in [0.25, 0.3) is 0 Å². The molecule has 0 aliphatic heterocycles. The minimum atomic E-state index is -1.03. The molecule has 0 saturated heterocycles. The zero-order valence-corrected chi connectivity index (χ0v) is 11.5. The van der Waals surface area contributed by atoms with E-state index in [1.54, 1.807) is 24.3 Å². The van der Waals surface area contributed by atoms with Crippen LogP contribution in [0, 0.1) is 0 Å². The average Bonchev–Trinajstić information content (AvgIpc) is 2.46. The van der Waals surface area contributed by atoms with Crippen molar-refractivity contribution in [3.8, 4) is 0 Å². The average molecular weight is 268 g/mol. The third-order valence-corrected chi connectivity index (χ3v) is 3.21. The first-order chi connectivity index (χ1) is 9.49. The molecular weight excluding hydrogens is 252 g/mol. The predicted octanol–water partition coefficient (Wildman–Crippen LogP) is 3.74. The van der Waals surface area contributed by atoms with Crippen LogP contribution >= 0.6 is 0 Å². The lowest BCUT2D eigenvalue weighted by molar-refractivity contribution is 0.0697. The van der Waals surface area contributed by atoms with Crippen molar-refractivity contribution in [2.24, 2.45) is 0 Å². The summed E-state index contributed by atoms with van der Waals surface area (Å²) in [6, 6.07) is 13.5. The summed E-state index contributed by atoms with van der Waals surface area (Å²) in [5.74, 6) is -0.785. The van der Waals surface area contributed by atoms with Crippen molar-refractivity contribution in [2.45, 2.75) is 19.8 Å². The van der Waals surface area contributed by atoms with Crippen molar-refractivity contribution in [1.29, 1.82) is 0 Å². The van der Waals surface area contributed by atoms with E-state index in [1.807, 2.05) is 12.1 Å². The molecule has 0 fully saturated rings. The number of hydrogen-bond acceptors (Lipinski definition) is 2. The summed E-state index contributed by atoms with van der Waals surface area (Å²) >= 11 is 0. The molecule has 0 spiro atoms. The lowest BCUT2D eigenvalue weighted by atomic mass is 9.97. The quantitative estimate of drug-likeness (QED) is 0.859. The van der Waals surface area contributed by atoms with Gasteiger partial charge in [0.25, 0.3) is 0 Å². The second-order valence-electron chi connectivity index (χ2n) is 4.99. The van der Waals surface area contributed by atoms with Gasteiger partial charge in [0.2, 0.25) is 0 Å². The van der Waals surface area contributed by atoms with Gasteiger partial charge in [0.15, 0.2) is 5.78 Å². The minimum Gasteiger partial charge on any atom is -0.478 e. The fraction of sp³-hybridized carbons (Fsp3) is 0.176. The Morgan fingerprint density at radius 2 is 1.50 bits per heavy atom. The number of ketones is 1. The molecule has 0 amide bonds. The number of carbonyl (C=O) groups excluding carboxylic acids is 1. The first-order valence-corrected chi connectivity index (χ1v) is 6.47. The Labute approximate surface area is 117 Å². The van der Waals surface area contributed by atoms with Crippen LogP contribution in [-0.2, 0) is 0 Å². The molecule has 0 saturated carbocycles. The summed E-state index contributed by atoms with van der Waals surface area (Å²) in [6.45, 7) is 4.18. The zero-order chi connectivity index (χ0) is 14.7. The summed E-state index contributed by atoms with van der Waals surface area (Å²) in [5.41, 5.74) is 2.25. The molecule has 3 nitrogen and oxygen atoms in total. The first kappa shape index (κ1) is 14.0. The van der Waals surface area contributed by atoms with E-state index in [-0.39, 0.29) is 11.3 Å². The Hall–Kier alpha value is -2.42. The molecule has 0 aliphatic rings. The molecule has 0 heterocycles. The molecule has 20 heavy (non-hydrogen) atoms. The maximum absolute atomic E-state index is 12.3. The van der Waals surface area contributed by atoms with Crippen molar-refractivity contribution in [2.75, 3.05) is 0 Å². The van der Waals surface area contributed by atoms with Crippen LogP contribution in [0.4, 0.5) is 0 Å². The van der Waals surface area contributed by atoms with E-state index in [4.69, 9.17) is 5.11 Å². The molecular formula is C17H16O3. The molecule has 2 rings (SSSR count). The Bertz CT molecular complexity index is 640. The van der Waals surface area contributed by atoms with Gasteiger partial charge in [-0.05, 0) is 23.6 Å². The molecule has 0 aromatic heterocycles. The SMILES string of the molecule is CC(C)c1ccc(C(=O)c2cccc(C(=O)O)c2)cc1. The molecule has 0 aliphatic carbocycles. The fourth-order valence-electron chi connectivity index (χ4n) is 1.98. The van der Waals surface area contributed by atoms with Crippen LogP contribution in [0.15, 0.2) is 48.5 Å². The van der Waals surface area contributed by atoms with Gasteiger partial charge in [-0.2, -0.15) is 0 Å². The number of aromatic carboxylic acids is 1. The van der Waals surface area contributed by atoms with Gasteiger partial charge in [-0.1, -0.05) is 50.2 Å². The highest BCUT2D eigenvalue weighted by Gasteiger charge is 2.12. The normalized spacial score (nSPS) is 10.6. The number of carboxylic acids is 1. The second-order valence-corrected chi connectivity index (χ2v) is 4.99. The molecule has 0 atom stereocenters. The van der Waals surface area contributed by atoms with Crippen LogP contribution in [-0.4, -0.2) is 16.9 Å². The molecule has 0 radical (unpaired) electrons. The second kappa shape index (κ2) is 5.70. The van der Waals surface area contributed by atoms with E-state index in [0.717, 1.165) is 0 Å². The highest BCUT2D eigenvalue weighted by atomic mass is 16.4. The van der Waals surface area contributed by atoms with E-state index < -0.39 is 5.97 Å². The maximum Gasteiger partial charge on any atom is 0.335 e. The monoisotopic (exact) mass is 268 g/mol. The Kier molecular flexibility index (Phi) is 3.99. The third-order valence-electron chi connectivity index (χ3n) is 3.21. The molecule has 1 N–H and O–H groups in total. The van der Waals surface area contributed by atoms with Crippen LogP contribution in [0.5, 0.6) is 0 Å². The lowest BCUT2D eigenvalue weighted by Crippen LogP contribution is -2.04. The van der Waals surface area contributed by atoms with Gasteiger partial charge < -0.3 is 5.11 Å². The van der Waals surface area contributed by atoms with Crippen molar-refractivity contribution < 1.29 is 14.7 Å². The summed E-state index contributed by atoms with van der Waals surface area (Å²) < 4.78 is 0. The topological polar surface area (TPSA) is 54.4 Å². The standard InChI is InChI=1S/C17H16O3/c1-11(2)12-6-8-13(9-7-12)16(18)14-4-3-5-15(10-14)17(19)20/h3-11H,1-2H3,(H,19,20). The van der Waals surface area contributed by atoms with Crippen LogP contribution in [0.2, 0.25) is 0 Å². The van der Waals surface area contributed by atoms with Crippen molar-refractivity contribution in [3.05, 3.63) is 70.8 Å². The van der Waals surface area contributed by atoms with Gasteiger partial charge in [-0.15, -0.1) is 0 Å². The van der Waals surface area contributed by atoms with Crippen LogP contribution < -0.4 is 0 Å². The number of carboxylic acid groups (broad SMARTS) is 1. The van der Waals surface area contributed by atoms with Gasteiger partial charge in [-0.25, -0.2) is 4.79 Å². The molecule has 3 heteroatoms. The predicted molar refractivity (Wildman–Crippen MR) is 77.4 cm³/mol. The largest absolute Gasteiger partial charge is 0.478 e. The molecule has 2 aromatic carbocycles. The van der Waals surface area contributed by atoms with Gasteiger partial charge in [0.05, 0.1) is 5.56 Å². The van der Waals surface area contributed by atoms with E-state index in [1.165, 1.54) is 17.7 Å². The zero-order valence-electron chi connectivity index (χ0n) is 11.5. The van der Waals surface area contributed by atoms with Gasteiger partial charge in [-0.3, -0.25) is 4.79 Å². The Morgan fingerprint density at radius 1 is 0.900 bits per heavy atom. The highest BCUT2D eigenvalue weighted by Crippen LogP contribution is 2.17. The number of carbonyl (C=O) groups is 2. The number of benzene rings is 2. The molecule has 0 unspecified atom stereocenters. The fourth-order valence-corrected chi connectivity index (χ4v) is 1.98. The Balaban J connectivity index is 2.31. The van der Waals surface area contributed by atoms with E-state index in [2.05, 4.69) is 13.8 Å². The Morgan fingerprint density at radius 3 is 2.05 bits per heavy atom. The summed E-state index contributed by atoms with van der Waals surface area (Å²) in [7, 11) is 0. The minimum absolute atomic E-state index is 0.120. The first-order valence-electron chi connectivity index (χ1n) is 6.47.